The molecular weight excluding hydrogens is 238 g/mol. The second kappa shape index (κ2) is 5.34. The third-order valence-corrected chi connectivity index (χ3v) is 2.05. The Bertz CT molecular complexity index is 228. The van der Waals surface area contributed by atoms with Crippen molar-refractivity contribution in [1.82, 2.24) is 0 Å². The van der Waals surface area contributed by atoms with E-state index in [0.717, 1.165) is 0 Å². The van der Waals surface area contributed by atoms with Crippen molar-refractivity contribution in [3.05, 3.63) is 0 Å². The number of phosphoric acid groups is 2. The maximum atomic E-state index is 10.3. The van der Waals surface area contributed by atoms with Gasteiger partial charge in [0.15, 0.2) is 6.29 Å². The molecule has 0 rings (SSSR count). The fourth-order valence-corrected chi connectivity index (χ4v) is 1.64. The molecule has 86 valence electrons. The smallest absolute Gasteiger partial charge is 0.303 e. The summed E-state index contributed by atoms with van der Waals surface area (Å²) in [6.07, 6.45) is -1.25. The van der Waals surface area contributed by atoms with Crippen LogP contribution in [0.3, 0.4) is 0 Å². The highest BCUT2D eigenvalue weighted by Crippen LogP contribution is 2.45. The lowest BCUT2D eigenvalue weighted by molar-refractivity contribution is -0.0381. The monoisotopic (exact) mass is 250 g/mol. The van der Waals surface area contributed by atoms with Gasteiger partial charge >= 0.3 is 15.6 Å². The fraction of sp³-hybridized carbons (Fsp3) is 1.00. The quantitative estimate of drug-likeness (QED) is 0.391. The summed E-state index contributed by atoms with van der Waals surface area (Å²) in [5, 5.41) is 0. The van der Waals surface area contributed by atoms with E-state index < -0.39 is 21.9 Å². The summed E-state index contributed by atoms with van der Waals surface area (Å²) < 4.78 is 28.7. The number of rotatable bonds is 6. The molecule has 0 fully saturated rings. The molecule has 0 radical (unpaired) electrons. The molecule has 0 aromatic heterocycles. The third kappa shape index (κ3) is 8.80. The fourth-order valence-electron chi connectivity index (χ4n) is 0.667. The summed E-state index contributed by atoms with van der Waals surface area (Å²) in [4.78, 5) is 33.5. The Kier molecular flexibility index (Phi) is 5.43. The van der Waals surface area contributed by atoms with Gasteiger partial charge in [-0.1, -0.05) is 13.3 Å². The summed E-state index contributed by atoms with van der Waals surface area (Å²) in [5.74, 6) is 0. The molecule has 0 heterocycles. The normalized spacial score (nSPS) is 13.6. The van der Waals surface area contributed by atoms with Gasteiger partial charge in [-0.15, -0.1) is 0 Å². The van der Waals surface area contributed by atoms with Crippen molar-refractivity contribution in [2.24, 2.45) is 0 Å². The average Bonchev–Trinajstić information content (AvgIpc) is 1.78. The van der Waals surface area contributed by atoms with E-state index in [-0.39, 0.29) is 6.42 Å². The van der Waals surface area contributed by atoms with Crippen LogP contribution in [0.2, 0.25) is 0 Å². The van der Waals surface area contributed by atoms with Crippen molar-refractivity contribution in [3.8, 4) is 0 Å². The van der Waals surface area contributed by atoms with Crippen molar-refractivity contribution < 1.29 is 37.8 Å². The summed E-state index contributed by atoms with van der Waals surface area (Å²) in [5.41, 5.74) is 0. The van der Waals surface area contributed by atoms with E-state index >= 15 is 0 Å². The lowest BCUT2D eigenvalue weighted by Gasteiger charge is -2.17. The standard InChI is InChI=1S/C4H12O8P2/c1-2-3-4(11-13(5,6)7)12-14(8,9)10/h4H,2-3H2,1H3,(H2,5,6,7)(H2,8,9,10). The molecule has 10 heteroatoms. The van der Waals surface area contributed by atoms with Crippen LogP contribution in [0.4, 0.5) is 0 Å². The summed E-state index contributed by atoms with van der Waals surface area (Å²) >= 11 is 0. The highest BCUT2D eigenvalue weighted by Gasteiger charge is 2.28. The molecule has 0 spiro atoms. The zero-order valence-corrected chi connectivity index (χ0v) is 9.10. The minimum Gasteiger partial charge on any atom is -0.303 e. The minimum atomic E-state index is -4.81. The Morgan fingerprint density at radius 1 is 1.07 bits per heavy atom. The van der Waals surface area contributed by atoms with Crippen molar-refractivity contribution in [2.75, 3.05) is 0 Å². The third-order valence-electron chi connectivity index (χ3n) is 1.03. The van der Waals surface area contributed by atoms with Crippen molar-refractivity contribution in [3.63, 3.8) is 0 Å². The molecule has 0 atom stereocenters. The number of hydrogen-bond donors (Lipinski definition) is 4. The molecule has 0 aromatic carbocycles. The number of hydrogen-bond acceptors (Lipinski definition) is 4. The SMILES string of the molecule is CCCC(OP(=O)(O)O)OP(=O)(O)O. The van der Waals surface area contributed by atoms with E-state index in [1.807, 2.05) is 0 Å². The molecule has 0 unspecified atom stereocenters. The summed E-state index contributed by atoms with van der Waals surface area (Å²) in [6.45, 7) is 1.64. The highest BCUT2D eigenvalue weighted by molar-refractivity contribution is 7.47. The molecule has 8 nitrogen and oxygen atoms in total. The average molecular weight is 250 g/mol. The van der Waals surface area contributed by atoms with Gasteiger partial charge in [0, 0.05) is 0 Å². The highest BCUT2D eigenvalue weighted by atomic mass is 31.2. The first kappa shape index (κ1) is 14.2. The lowest BCUT2D eigenvalue weighted by Crippen LogP contribution is -2.14. The van der Waals surface area contributed by atoms with Crippen LogP contribution >= 0.6 is 15.6 Å². The maximum Gasteiger partial charge on any atom is 0.471 e. The molecular formula is C4H12O8P2. The molecule has 0 aliphatic carbocycles. The molecule has 0 aliphatic heterocycles. The van der Waals surface area contributed by atoms with Gasteiger partial charge in [0.1, 0.15) is 0 Å². The Morgan fingerprint density at radius 3 is 1.64 bits per heavy atom. The largest absolute Gasteiger partial charge is 0.471 e. The molecule has 4 N–H and O–H groups in total. The van der Waals surface area contributed by atoms with Gasteiger partial charge in [0.2, 0.25) is 0 Å². The van der Waals surface area contributed by atoms with Gasteiger partial charge in [-0.3, -0.25) is 9.05 Å². The lowest BCUT2D eigenvalue weighted by atomic mass is 10.3. The second-order valence-electron chi connectivity index (χ2n) is 2.41. The molecule has 0 bridgehead atoms. The van der Waals surface area contributed by atoms with Crippen LogP contribution in [0.5, 0.6) is 0 Å². The first-order valence-corrected chi connectivity index (χ1v) is 6.68. The van der Waals surface area contributed by atoms with Crippen molar-refractivity contribution in [2.45, 2.75) is 26.1 Å². The maximum absolute atomic E-state index is 10.3. The molecule has 0 saturated heterocycles. The van der Waals surface area contributed by atoms with Crippen LogP contribution in [-0.4, -0.2) is 25.9 Å². The predicted octanol–water partition coefficient (Wildman–Crippen LogP) is 0.331. The van der Waals surface area contributed by atoms with E-state index in [1.54, 1.807) is 6.92 Å². The topological polar surface area (TPSA) is 134 Å². The van der Waals surface area contributed by atoms with Gasteiger partial charge in [-0.2, -0.15) is 0 Å². The minimum absolute atomic E-state index is 0.0315. The molecule has 0 aliphatic rings. The zero-order valence-electron chi connectivity index (χ0n) is 7.31. The van der Waals surface area contributed by atoms with Crippen molar-refractivity contribution in [1.29, 1.82) is 0 Å². The summed E-state index contributed by atoms with van der Waals surface area (Å²) in [6, 6.07) is 0. The predicted molar refractivity (Wildman–Crippen MR) is 45.0 cm³/mol. The number of phosphoric ester groups is 2. The van der Waals surface area contributed by atoms with Crippen molar-refractivity contribution >= 4 is 15.6 Å². The molecule has 14 heavy (non-hydrogen) atoms. The Labute approximate surface area is 80.3 Å². The first-order valence-electron chi connectivity index (χ1n) is 3.62. The van der Waals surface area contributed by atoms with E-state index in [4.69, 9.17) is 19.6 Å². The summed E-state index contributed by atoms with van der Waals surface area (Å²) in [7, 11) is -9.61. The van der Waals surface area contributed by atoms with E-state index in [1.165, 1.54) is 0 Å². The Balaban J connectivity index is 4.31. The van der Waals surface area contributed by atoms with Crippen LogP contribution in [0.1, 0.15) is 19.8 Å². The second-order valence-corrected chi connectivity index (χ2v) is 4.79. The molecule has 0 saturated carbocycles. The zero-order chi connectivity index (χ0) is 11.4. The first-order chi connectivity index (χ1) is 6.14. The van der Waals surface area contributed by atoms with E-state index in [9.17, 15) is 9.13 Å². The van der Waals surface area contributed by atoms with Gasteiger partial charge < -0.3 is 19.6 Å². The van der Waals surface area contributed by atoms with Crippen LogP contribution in [0, 0.1) is 0 Å². The van der Waals surface area contributed by atoms with E-state index in [0.29, 0.717) is 6.42 Å². The molecule has 0 aromatic rings. The van der Waals surface area contributed by atoms with Gasteiger partial charge in [0.25, 0.3) is 0 Å². The van der Waals surface area contributed by atoms with E-state index in [2.05, 4.69) is 9.05 Å². The van der Waals surface area contributed by atoms with Gasteiger partial charge in [-0.05, 0) is 6.42 Å². The van der Waals surface area contributed by atoms with Crippen LogP contribution < -0.4 is 0 Å². The Morgan fingerprint density at radius 2 is 1.43 bits per heavy atom. The molecule has 0 amide bonds. The van der Waals surface area contributed by atoms with Gasteiger partial charge in [0.05, 0.1) is 0 Å². The van der Waals surface area contributed by atoms with Crippen LogP contribution in [0.25, 0.3) is 0 Å². The van der Waals surface area contributed by atoms with Gasteiger partial charge in [-0.25, -0.2) is 9.13 Å². The van der Waals surface area contributed by atoms with Crippen LogP contribution in [0.15, 0.2) is 0 Å². The Hall–Kier alpha value is 0.220. The van der Waals surface area contributed by atoms with Crippen LogP contribution in [-0.2, 0) is 18.2 Å².